The molecule has 0 amide bonds. The van der Waals surface area contributed by atoms with E-state index in [1.807, 2.05) is 0 Å². The molecule has 0 bridgehead atoms. The Bertz CT molecular complexity index is 155. The average molecular weight is 72.0 g/mol. The molecule has 0 N–H and O–H groups in total. The Labute approximate surface area is 26.5 Å². The zero-order valence-corrected chi connectivity index (χ0v) is 2.22. The highest BCUT2D eigenvalue weighted by Gasteiger charge is 2.02. The van der Waals surface area contributed by atoms with Crippen molar-refractivity contribution in [1.82, 2.24) is 0 Å². The van der Waals surface area contributed by atoms with E-state index in [9.17, 15) is 9.59 Å². The molecule has 0 atom stereocenters. The van der Waals surface area contributed by atoms with E-state index in [0.29, 0.717) is 0 Å². The Morgan fingerprint density at radius 3 is 1.40 bits per heavy atom. The first kappa shape index (κ1) is 2.38. The number of hydrogen-bond acceptors (Lipinski definition) is 3. The molecule has 1 aromatic heterocycles. The van der Waals surface area contributed by atoms with Crippen molar-refractivity contribution < 1.29 is 4.42 Å². The normalized spacial score (nSPS) is 9.60. The van der Waals surface area contributed by atoms with Crippen molar-refractivity contribution in [3.8, 4) is 0 Å². The first-order chi connectivity index (χ1) is 2.30. The molecule has 0 saturated carbocycles. The molecule has 0 spiro atoms. The molecule has 1 aromatic rings. The van der Waals surface area contributed by atoms with Gasteiger partial charge in [-0.1, -0.05) is 0 Å². The van der Waals surface area contributed by atoms with Gasteiger partial charge >= 0.3 is 11.3 Å². The lowest BCUT2D eigenvalue weighted by Gasteiger charge is -1.12. The van der Waals surface area contributed by atoms with Crippen molar-refractivity contribution >= 4 is 0 Å². The van der Waals surface area contributed by atoms with Crippen LogP contribution in [0.2, 0.25) is 0 Å². The highest BCUT2D eigenvalue weighted by Crippen LogP contribution is 1.44. The van der Waals surface area contributed by atoms with Crippen molar-refractivity contribution in [2.75, 3.05) is 0 Å². The van der Waals surface area contributed by atoms with Gasteiger partial charge in [-0.05, 0) is 0 Å². The Kier molecular flexibility index (Phi) is 0.182. The van der Waals surface area contributed by atoms with Gasteiger partial charge < -0.3 is 4.42 Å². The molecule has 0 aliphatic carbocycles. The lowest BCUT2D eigenvalue weighted by atomic mass is 11.1. The molecule has 26 valence electrons. The smallest absolute Gasteiger partial charge is 0.376 e. The van der Waals surface area contributed by atoms with Crippen LogP contribution >= 0.6 is 0 Å². The van der Waals surface area contributed by atoms with Gasteiger partial charge in [0.15, 0.2) is 0 Å². The van der Waals surface area contributed by atoms with Crippen LogP contribution in [0.1, 0.15) is 0 Å². The van der Waals surface area contributed by atoms with E-state index in [1.54, 1.807) is 0 Å². The Balaban J connectivity index is 3.70. The minimum Gasteiger partial charge on any atom is -0.376 e. The maximum absolute atomic E-state index is 9.31. The van der Waals surface area contributed by atoms with Gasteiger partial charge in [-0.15, -0.1) is 0 Å². The molecule has 0 fully saturated rings. The molecule has 1 heterocycles. The molecule has 1 rings (SSSR count). The summed E-state index contributed by atoms with van der Waals surface area (Å²) >= 11 is 0. The van der Waals surface area contributed by atoms with Gasteiger partial charge in [0.05, 0.1) is 0 Å². The van der Waals surface area contributed by atoms with Crippen LogP contribution in [-0.4, -0.2) is 0 Å². The van der Waals surface area contributed by atoms with Crippen LogP contribution < -0.4 is 11.3 Å². The minimum atomic E-state index is -0.718. The van der Waals surface area contributed by atoms with E-state index in [0.717, 1.165) is 0 Å². The second-order valence-corrected chi connectivity index (χ2v) is 0.677. The maximum atomic E-state index is 9.31. The lowest BCUT2D eigenvalue weighted by Crippen LogP contribution is -1.88. The summed E-state index contributed by atoms with van der Waals surface area (Å²) in [6.45, 7) is 0. The lowest BCUT2D eigenvalue weighted by molar-refractivity contribution is 0.650. The highest BCUT2D eigenvalue weighted by molar-refractivity contribution is 4.65. The highest BCUT2D eigenvalue weighted by atomic mass is 16.5. The molecule has 0 aromatic carbocycles. The molecule has 0 saturated heterocycles. The van der Waals surface area contributed by atoms with E-state index in [-0.39, 0.29) is 0 Å². The van der Waals surface area contributed by atoms with E-state index in [2.05, 4.69) is 4.42 Å². The van der Waals surface area contributed by atoms with Gasteiger partial charge in [0.1, 0.15) is 0 Å². The van der Waals surface area contributed by atoms with Crippen LogP contribution in [0.15, 0.2) is 14.0 Å². The quantitative estimate of drug-likeness (QED) is 0.364. The first-order valence-electron chi connectivity index (χ1n) is 1.07. The molecule has 5 heavy (non-hydrogen) atoms. The SMILES string of the molecule is O=c1oc1=O. The van der Waals surface area contributed by atoms with Crippen molar-refractivity contribution in [2.24, 2.45) is 0 Å². The molecule has 3 nitrogen and oxygen atoms in total. The van der Waals surface area contributed by atoms with Crippen LogP contribution in [0, 0.1) is 0 Å². The number of hydrogen-bond donors (Lipinski definition) is 0. The largest absolute Gasteiger partial charge is 0.426 e. The second-order valence-electron chi connectivity index (χ2n) is 0.677. The Hall–Kier alpha value is -0.860. The third-order valence-corrected chi connectivity index (χ3v) is 0.310. The summed E-state index contributed by atoms with van der Waals surface area (Å²) in [5.74, 6) is 0. The molecule has 0 unspecified atom stereocenters. The van der Waals surface area contributed by atoms with Crippen LogP contribution in [0.4, 0.5) is 0 Å². The van der Waals surface area contributed by atoms with E-state index >= 15 is 0 Å². The van der Waals surface area contributed by atoms with Crippen molar-refractivity contribution in [2.45, 2.75) is 0 Å². The van der Waals surface area contributed by atoms with Gasteiger partial charge in [-0.3, -0.25) is 0 Å². The fourth-order valence-electron chi connectivity index (χ4n) is 0.0587. The minimum absolute atomic E-state index is 0.718. The summed E-state index contributed by atoms with van der Waals surface area (Å²) in [7, 11) is 0. The Morgan fingerprint density at radius 1 is 1.20 bits per heavy atom. The maximum Gasteiger partial charge on any atom is 0.426 e. The van der Waals surface area contributed by atoms with Crippen molar-refractivity contribution in [3.63, 3.8) is 0 Å². The third kappa shape index (κ3) is 0.154. The summed E-state index contributed by atoms with van der Waals surface area (Å²) < 4.78 is 3.64. The summed E-state index contributed by atoms with van der Waals surface area (Å²) in [6.07, 6.45) is 0. The zero-order valence-electron chi connectivity index (χ0n) is 2.22. The molecule has 0 aliphatic rings. The van der Waals surface area contributed by atoms with E-state index in [1.165, 1.54) is 0 Å². The van der Waals surface area contributed by atoms with Crippen LogP contribution in [0.3, 0.4) is 0 Å². The topological polar surface area (TPSA) is 47.3 Å². The fourth-order valence-corrected chi connectivity index (χ4v) is 0.0587. The van der Waals surface area contributed by atoms with E-state index in [4.69, 9.17) is 0 Å². The monoisotopic (exact) mass is 72.0 g/mol. The average Bonchev–Trinajstić information content (AvgIpc) is 1.79. The summed E-state index contributed by atoms with van der Waals surface area (Å²) in [6, 6.07) is 0. The van der Waals surface area contributed by atoms with Gasteiger partial charge in [0.2, 0.25) is 0 Å². The van der Waals surface area contributed by atoms with E-state index < -0.39 is 11.3 Å². The summed E-state index contributed by atoms with van der Waals surface area (Å²) in [5, 5.41) is 0. The predicted molar refractivity (Wildman–Crippen MR) is 13.6 cm³/mol. The third-order valence-electron chi connectivity index (χ3n) is 0.310. The molecular formula is C2O3. The van der Waals surface area contributed by atoms with Gasteiger partial charge in [0, 0.05) is 0 Å². The van der Waals surface area contributed by atoms with Crippen molar-refractivity contribution in [3.05, 3.63) is 20.8 Å². The Morgan fingerprint density at radius 2 is 1.40 bits per heavy atom. The van der Waals surface area contributed by atoms with Crippen LogP contribution in [0.5, 0.6) is 0 Å². The molecular weight excluding hydrogens is 72.0 g/mol. The van der Waals surface area contributed by atoms with Gasteiger partial charge in [-0.25, -0.2) is 9.59 Å². The standard InChI is InChI=1S/C2O3/c3-1-2(4)5-1. The predicted octanol–water partition coefficient (Wildman–Crippen LogP) is -1.12. The van der Waals surface area contributed by atoms with Crippen LogP contribution in [-0.2, 0) is 0 Å². The zero-order chi connectivity index (χ0) is 3.86. The summed E-state index contributed by atoms with van der Waals surface area (Å²) in [4.78, 5) is 18.6. The van der Waals surface area contributed by atoms with Crippen molar-refractivity contribution in [1.29, 1.82) is 0 Å². The van der Waals surface area contributed by atoms with Gasteiger partial charge in [0.25, 0.3) is 0 Å². The fraction of sp³-hybridized carbons (Fsp3) is 0. The number of rotatable bonds is 0. The first-order valence-corrected chi connectivity index (χ1v) is 1.07. The molecule has 3 heteroatoms. The second kappa shape index (κ2) is 0.381. The summed E-state index contributed by atoms with van der Waals surface area (Å²) in [5.41, 5.74) is -1.44. The van der Waals surface area contributed by atoms with Gasteiger partial charge in [-0.2, -0.15) is 0 Å². The molecule has 0 aliphatic heterocycles. The van der Waals surface area contributed by atoms with Crippen LogP contribution in [0.25, 0.3) is 0 Å². The molecule has 0 radical (unpaired) electrons.